The number of rotatable bonds is 2. The molecule has 8 heavy (non-hydrogen) atoms. The first-order chi connectivity index (χ1) is 3.93. The van der Waals surface area contributed by atoms with E-state index in [1.54, 1.807) is 0 Å². The van der Waals surface area contributed by atoms with E-state index in [2.05, 4.69) is 0 Å². The molecule has 1 saturated heterocycles. The predicted octanol–water partition coefficient (Wildman–Crippen LogP) is 0.986. The normalized spacial score (nSPS) is 28.9. The third kappa shape index (κ3) is 1.46. The summed E-state index contributed by atoms with van der Waals surface area (Å²) in [5.74, 6) is 0. The van der Waals surface area contributed by atoms with Gasteiger partial charge < -0.3 is 4.74 Å². The van der Waals surface area contributed by atoms with Crippen LogP contribution in [0.2, 0.25) is 0 Å². The van der Waals surface area contributed by atoms with Crippen LogP contribution in [0.5, 0.6) is 0 Å². The highest BCUT2D eigenvalue weighted by Gasteiger charge is 2.13. The lowest BCUT2D eigenvalue weighted by Gasteiger charge is -2.03. The van der Waals surface area contributed by atoms with Crippen molar-refractivity contribution in [3.8, 4) is 0 Å². The topological polar surface area (TPSA) is 29.1 Å². The molecule has 1 aliphatic heterocycles. The maximum atomic E-state index is 10.0. The van der Waals surface area contributed by atoms with Crippen LogP contribution in [0.1, 0.15) is 19.3 Å². The van der Waals surface area contributed by atoms with Crippen LogP contribution < -0.4 is 0 Å². The molecule has 1 radical (unpaired) electrons. The van der Waals surface area contributed by atoms with Crippen LogP contribution in [0.3, 0.4) is 0 Å². The first-order valence-electron chi connectivity index (χ1n) is 3.13. The summed E-state index contributed by atoms with van der Waals surface area (Å²) >= 11 is 0. The number of hydrogen-bond donors (Lipinski definition) is 0. The van der Waals surface area contributed by atoms with E-state index in [0.717, 1.165) is 19.4 Å². The summed E-state index contributed by atoms with van der Waals surface area (Å²) in [7, 11) is 0. The van der Waals surface area contributed by atoms with Gasteiger partial charge in [-0.25, -0.2) is 5.11 Å². The molecule has 0 amide bonds. The maximum Gasteiger partial charge on any atom is 0.0847 e. The van der Waals surface area contributed by atoms with Gasteiger partial charge in [-0.2, -0.15) is 0 Å². The average molecular weight is 115 g/mol. The summed E-state index contributed by atoms with van der Waals surface area (Å²) < 4.78 is 5.19. The van der Waals surface area contributed by atoms with Crippen LogP contribution in [-0.4, -0.2) is 19.3 Å². The largest absolute Gasteiger partial charge is 0.378 e. The molecule has 1 aliphatic rings. The summed E-state index contributed by atoms with van der Waals surface area (Å²) in [5.41, 5.74) is 0. The Morgan fingerprint density at radius 3 is 3.00 bits per heavy atom. The van der Waals surface area contributed by atoms with Crippen molar-refractivity contribution in [2.45, 2.75) is 25.4 Å². The maximum absolute atomic E-state index is 10.0. The van der Waals surface area contributed by atoms with Gasteiger partial charge in [-0.05, 0) is 12.8 Å². The highest BCUT2D eigenvalue weighted by molar-refractivity contribution is 4.62. The van der Waals surface area contributed by atoms with Gasteiger partial charge in [0.2, 0.25) is 0 Å². The first-order valence-corrected chi connectivity index (χ1v) is 3.13. The van der Waals surface area contributed by atoms with Gasteiger partial charge in [0.1, 0.15) is 0 Å². The Morgan fingerprint density at radius 2 is 2.50 bits per heavy atom. The molecular formula is C6H11O2. The van der Waals surface area contributed by atoms with Gasteiger partial charge in [-0.3, -0.25) is 0 Å². The molecule has 1 unspecified atom stereocenters. The SMILES string of the molecule is [O]CCC1CCCO1. The molecule has 1 atom stereocenters. The number of ether oxygens (including phenoxy) is 1. The highest BCUT2D eigenvalue weighted by atomic mass is 16.5. The van der Waals surface area contributed by atoms with Crippen molar-refractivity contribution < 1.29 is 9.84 Å². The van der Waals surface area contributed by atoms with Crippen molar-refractivity contribution in [1.82, 2.24) is 0 Å². The van der Waals surface area contributed by atoms with Crippen LogP contribution in [0.25, 0.3) is 0 Å². The van der Waals surface area contributed by atoms with Crippen LogP contribution in [-0.2, 0) is 9.84 Å². The van der Waals surface area contributed by atoms with Gasteiger partial charge in [0.15, 0.2) is 0 Å². The fraction of sp³-hybridized carbons (Fsp3) is 1.00. The molecule has 1 heterocycles. The summed E-state index contributed by atoms with van der Waals surface area (Å²) in [6.07, 6.45) is 3.25. The zero-order chi connectivity index (χ0) is 5.82. The Hall–Kier alpha value is -0.0800. The van der Waals surface area contributed by atoms with Crippen molar-refractivity contribution in [3.05, 3.63) is 0 Å². The van der Waals surface area contributed by atoms with E-state index in [-0.39, 0.29) is 6.61 Å². The zero-order valence-electron chi connectivity index (χ0n) is 4.93. The molecule has 47 valence electrons. The van der Waals surface area contributed by atoms with Crippen molar-refractivity contribution in [1.29, 1.82) is 0 Å². The monoisotopic (exact) mass is 115 g/mol. The average Bonchev–Trinajstić information content (AvgIpc) is 2.19. The molecule has 1 fully saturated rings. The van der Waals surface area contributed by atoms with Crippen LogP contribution in [0.4, 0.5) is 0 Å². The molecule has 0 spiro atoms. The Kier molecular flexibility index (Phi) is 2.30. The van der Waals surface area contributed by atoms with Gasteiger partial charge in [0, 0.05) is 13.0 Å². The summed E-state index contributed by atoms with van der Waals surface area (Å²) in [5, 5.41) is 10.0. The summed E-state index contributed by atoms with van der Waals surface area (Å²) in [6.45, 7) is 0.884. The lowest BCUT2D eigenvalue weighted by molar-refractivity contribution is 0.0713. The van der Waals surface area contributed by atoms with Gasteiger partial charge >= 0.3 is 0 Å². The summed E-state index contributed by atoms with van der Waals surface area (Å²) in [4.78, 5) is 0. The van der Waals surface area contributed by atoms with Crippen LogP contribution >= 0.6 is 0 Å². The molecule has 0 N–H and O–H groups in total. The summed E-state index contributed by atoms with van der Waals surface area (Å²) in [6, 6.07) is 0. The van der Waals surface area contributed by atoms with Gasteiger partial charge in [-0.15, -0.1) is 0 Å². The van der Waals surface area contributed by atoms with Gasteiger partial charge in [-0.1, -0.05) is 0 Å². The molecule has 0 saturated carbocycles. The standard InChI is InChI=1S/C6H11O2/c7-4-3-6-2-1-5-8-6/h6H,1-5H2. The molecule has 0 bridgehead atoms. The van der Waals surface area contributed by atoms with E-state index >= 15 is 0 Å². The van der Waals surface area contributed by atoms with Crippen molar-refractivity contribution >= 4 is 0 Å². The second-order valence-corrected chi connectivity index (χ2v) is 2.13. The van der Waals surface area contributed by atoms with Crippen LogP contribution in [0, 0.1) is 0 Å². The van der Waals surface area contributed by atoms with Crippen molar-refractivity contribution in [3.63, 3.8) is 0 Å². The minimum atomic E-state index is 0.0185. The van der Waals surface area contributed by atoms with E-state index in [9.17, 15) is 5.11 Å². The fourth-order valence-electron chi connectivity index (χ4n) is 1.00. The molecule has 2 heteroatoms. The molecule has 0 aliphatic carbocycles. The zero-order valence-corrected chi connectivity index (χ0v) is 4.93. The van der Waals surface area contributed by atoms with E-state index in [4.69, 9.17) is 4.74 Å². The van der Waals surface area contributed by atoms with Crippen molar-refractivity contribution in [2.75, 3.05) is 13.2 Å². The molecule has 0 aromatic heterocycles. The third-order valence-electron chi connectivity index (χ3n) is 1.46. The highest BCUT2D eigenvalue weighted by Crippen LogP contribution is 2.14. The fourth-order valence-corrected chi connectivity index (χ4v) is 1.00. The second-order valence-electron chi connectivity index (χ2n) is 2.13. The Morgan fingerprint density at radius 1 is 1.62 bits per heavy atom. The minimum absolute atomic E-state index is 0.0185. The quantitative estimate of drug-likeness (QED) is 0.527. The first kappa shape index (κ1) is 6.05. The lowest BCUT2D eigenvalue weighted by atomic mass is 10.2. The third-order valence-corrected chi connectivity index (χ3v) is 1.46. The van der Waals surface area contributed by atoms with E-state index in [0.29, 0.717) is 12.5 Å². The molecule has 0 aromatic carbocycles. The van der Waals surface area contributed by atoms with E-state index in [1.165, 1.54) is 0 Å². The lowest BCUT2D eigenvalue weighted by Crippen LogP contribution is -2.05. The Labute approximate surface area is 49.5 Å². The van der Waals surface area contributed by atoms with Gasteiger partial charge in [0.05, 0.1) is 12.7 Å². The second kappa shape index (κ2) is 3.05. The molecular weight excluding hydrogens is 104 g/mol. The predicted molar refractivity (Wildman–Crippen MR) is 29.1 cm³/mol. The smallest absolute Gasteiger partial charge is 0.0847 e. The van der Waals surface area contributed by atoms with E-state index in [1.807, 2.05) is 0 Å². The van der Waals surface area contributed by atoms with E-state index < -0.39 is 0 Å². The molecule has 2 nitrogen and oxygen atoms in total. The van der Waals surface area contributed by atoms with Gasteiger partial charge in [0.25, 0.3) is 0 Å². The molecule has 1 rings (SSSR count). The molecule has 0 aromatic rings. The minimum Gasteiger partial charge on any atom is -0.378 e. The number of hydrogen-bond acceptors (Lipinski definition) is 1. The Balaban J connectivity index is 2.06. The Bertz CT molecular complexity index is 57.5. The van der Waals surface area contributed by atoms with Crippen molar-refractivity contribution in [2.24, 2.45) is 0 Å². The van der Waals surface area contributed by atoms with Crippen LogP contribution in [0.15, 0.2) is 0 Å².